The summed E-state index contributed by atoms with van der Waals surface area (Å²) in [5, 5.41) is 8.55. The Bertz CT molecular complexity index is 333. The van der Waals surface area contributed by atoms with Crippen molar-refractivity contribution in [1.29, 1.82) is 0 Å². The van der Waals surface area contributed by atoms with E-state index in [4.69, 9.17) is 5.11 Å². The molecule has 0 aromatic carbocycles. The second-order valence-electron chi connectivity index (χ2n) is 4.31. The van der Waals surface area contributed by atoms with E-state index in [1.165, 1.54) is 7.11 Å². The highest BCUT2D eigenvalue weighted by atomic mass is 16.5. The van der Waals surface area contributed by atoms with Gasteiger partial charge in [-0.25, -0.2) is 9.59 Å². The molecule has 0 saturated heterocycles. The molecule has 0 bridgehead atoms. The number of carboxylic acid groups (broad SMARTS) is 1. The van der Waals surface area contributed by atoms with Crippen LogP contribution in [0, 0.1) is 0 Å². The SMILES string of the molecule is C=C(C)C(=O)OC.C=C(CCCN(CC)CC)C(=O)O. The van der Waals surface area contributed by atoms with Crippen LogP contribution in [-0.4, -0.2) is 48.7 Å². The first-order valence-corrected chi connectivity index (χ1v) is 6.67. The van der Waals surface area contributed by atoms with Crippen LogP contribution < -0.4 is 0 Å². The van der Waals surface area contributed by atoms with Gasteiger partial charge in [-0.1, -0.05) is 27.0 Å². The maximum atomic E-state index is 10.4. The third-order valence-electron chi connectivity index (χ3n) is 2.68. The number of hydrogen-bond donors (Lipinski definition) is 1. The van der Waals surface area contributed by atoms with Gasteiger partial charge in [0, 0.05) is 11.1 Å². The molecule has 0 rings (SSSR count). The van der Waals surface area contributed by atoms with Crippen molar-refractivity contribution in [2.75, 3.05) is 26.7 Å². The molecular weight excluding hydrogens is 258 g/mol. The Morgan fingerprint density at radius 2 is 1.70 bits per heavy atom. The number of carboxylic acids is 1. The molecule has 116 valence electrons. The number of nitrogens with zero attached hydrogens (tertiary/aromatic N) is 1. The first-order valence-electron chi connectivity index (χ1n) is 6.67. The highest BCUT2D eigenvalue weighted by Crippen LogP contribution is 2.03. The van der Waals surface area contributed by atoms with Gasteiger partial charge >= 0.3 is 11.9 Å². The van der Waals surface area contributed by atoms with Gasteiger partial charge in [-0.15, -0.1) is 0 Å². The Balaban J connectivity index is 0. The molecule has 0 aliphatic carbocycles. The summed E-state index contributed by atoms with van der Waals surface area (Å²) < 4.78 is 4.27. The number of rotatable bonds is 8. The van der Waals surface area contributed by atoms with E-state index in [-0.39, 0.29) is 5.97 Å². The topological polar surface area (TPSA) is 66.8 Å². The molecule has 0 radical (unpaired) electrons. The van der Waals surface area contributed by atoms with Crippen LogP contribution in [0.3, 0.4) is 0 Å². The monoisotopic (exact) mass is 285 g/mol. The minimum absolute atomic E-state index is 0.312. The lowest BCUT2D eigenvalue weighted by atomic mass is 10.1. The van der Waals surface area contributed by atoms with Gasteiger partial charge in [-0.05, 0) is 39.4 Å². The highest BCUT2D eigenvalue weighted by Gasteiger charge is 2.04. The summed E-state index contributed by atoms with van der Waals surface area (Å²) in [5.74, 6) is -1.22. The fourth-order valence-corrected chi connectivity index (χ4v) is 1.34. The van der Waals surface area contributed by atoms with Crippen molar-refractivity contribution in [3.05, 3.63) is 24.3 Å². The second-order valence-corrected chi connectivity index (χ2v) is 4.31. The van der Waals surface area contributed by atoms with Gasteiger partial charge in [0.1, 0.15) is 0 Å². The number of carbonyl (C=O) groups is 2. The predicted octanol–water partition coefficient (Wildman–Crippen LogP) is 2.48. The molecule has 0 amide bonds. The highest BCUT2D eigenvalue weighted by molar-refractivity contribution is 5.86. The third kappa shape index (κ3) is 11.5. The maximum absolute atomic E-state index is 10.4. The van der Waals surface area contributed by atoms with Gasteiger partial charge in [0.15, 0.2) is 0 Å². The quantitative estimate of drug-likeness (QED) is 0.548. The first-order chi connectivity index (χ1) is 9.29. The van der Waals surface area contributed by atoms with Gasteiger partial charge in [0.2, 0.25) is 0 Å². The van der Waals surface area contributed by atoms with Gasteiger partial charge in [-0.3, -0.25) is 0 Å². The molecule has 0 aliphatic rings. The summed E-state index contributed by atoms with van der Waals surface area (Å²) in [7, 11) is 1.33. The smallest absolute Gasteiger partial charge is 0.332 e. The third-order valence-corrected chi connectivity index (χ3v) is 2.68. The Labute approximate surface area is 121 Å². The van der Waals surface area contributed by atoms with E-state index >= 15 is 0 Å². The van der Waals surface area contributed by atoms with E-state index in [2.05, 4.69) is 36.6 Å². The molecule has 0 spiro atoms. The molecule has 0 aromatic rings. The molecule has 1 N–H and O–H groups in total. The minimum Gasteiger partial charge on any atom is -0.478 e. The maximum Gasteiger partial charge on any atom is 0.332 e. The number of esters is 1. The van der Waals surface area contributed by atoms with Crippen LogP contribution in [0.4, 0.5) is 0 Å². The van der Waals surface area contributed by atoms with E-state index in [1.54, 1.807) is 6.92 Å². The van der Waals surface area contributed by atoms with Gasteiger partial charge in [0.25, 0.3) is 0 Å². The molecule has 0 unspecified atom stereocenters. The molecule has 0 atom stereocenters. The normalized spacial score (nSPS) is 9.45. The lowest BCUT2D eigenvalue weighted by Crippen LogP contribution is -2.24. The Kier molecular flexibility index (Phi) is 12.8. The lowest BCUT2D eigenvalue weighted by molar-refractivity contribution is -0.136. The van der Waals surface area contributed by atoms with Crippen molar-refractivity contribution in [1.82, 2.24) is 4.90 Å². The van der Waals surface area contributed by atoms with E-state index < -0.39 is 5.97 Å². The molecule has 20 heavy (non-hydrogen) atoms. The van der Waals surface area contributed by atoms with Crippen LogP contribution >= 0.6 is 0 Å². The lowest BCUT2D eigenvalue weighted by Gasteiger charge is -2.17. The van der Waals surface area contributed by atoms with Crippen LogP contribution in [0.25, 0.3) is 0 Å². The standard InChI is InChI=1S/C10H19NO2.C5H8O2/c1-4-11(5-2)8-6-7-9(3)10(12)13;1-4(2)5(6)7-3/h3-8H2,1-2H3,(H,12,13);1H2,2-3H3. The summed E-state index contributed by atoms with van der Waals surface area (Å²) in [6.07, 6.45) is 1.47. The van der Waals surface area contributed by atoms with Crippen molar-refractivity contribution in [2.24, 2.45) is 0 Å². The Hall–Kier alpha value is -1.62. The zero-order valence-corrected chi connectivity index (χ0v) is 13.1. The molecule has 0 aliphatic heterocycles. The van der Waals surface area contributed by atoms with E-state index in [1.807, 2.05) is 0 Å². The summed E-state index contributed by atoms with van der Waals surface area (Å²) in [6, 6.07) is 0. The minimum atomic E-state index is -0.875. The number of carbonyl (C=O) groups excluding carboxylic acids is 1. The van der Waals surface area contributed by atoms with Crippen LogP contribution in [0.1, 0.15) is 33.6 Å². The molecular formula is C15H27NO4. The Morgan fingerprint density at radius 1 is 1.20 bits per heavy atom. The van der Waals surface area contributed by atoms with E-state index in [0.29, 0.717) is 17.6 Å². The number of ether oxygens (including phenoxy) is 1. The Morgan fingerprint density at radius 3 is 1.95 bits per heavy atom. The van der Waals surface area contributed by atoms with Gasteiger partial charge in [-0.2, -0.15) is 0 Å². The number of hydrogen-bond acceptors (Lipinski definition) is 4. The molecule has 5 nitrogen and oxygen atoms in total. The summed E-state index contributed by atoms with van der Waals surface area (Å²) in [5.41, 5.74) is 0.745. The molecule has 0 fully saturated rings. The summed E-state index contributed by atoms with van der Waals surface area (Å²) in [6.45, 7) is 15.7. The summed E-state index contributed by atoms with van der Waals surface area (Å²) >= 11 is 0. The molecule has 0 saturated carbocycles. The molecule has 0 aromatic heterocycles. The van der Waals surface area contributed by atoms with Crippen LogP contribution in [0.2, 0.25) is 0 Å². The zero-order chi connectivity index (χ0) is 16.1. The van der Waals surface area contributed by atoms with Crippen molar-refractivity contribution in [2.45, 2.75) is 33.6 Å². The molecule has 0 heterocycles. The zero-order valence-electron chi connectivity index (χ0n) is 13.1. The second kappa shape index (κ2) is 12.4. The predicted molar refractivity (Wildman–Crippen MR) is 80.6 cm³/mol. The fraction of sp³-hybridized carbons (Fsp3) is 0.600. The number of methoxy groups -OCH3 is 1. The van der Waals surface area contributed by atoms with Crippen molar-refractivity contribution in [3.63, 3.8) is 0 Å². The van der Waals surface area contributed by atoms with Crippen LogP contribution in [0.15, 0.2) is 24.3 Å². The van der Waals surface area contributed by atoms with Gasteiger partial charge in [0.05, 0.1) is 7.11 Å². The van der Waals surface area contributed by atoms with Gasteiger partial charge < -0.3 is 14.7 Å². The van der Waals surface area contributed by atoms with E-state index in [9.17, 15) is 9.59 Å². The van der Waals surface area contributed by atoms with Crippen molar-refractivity contribution >= 4 is 11.9 Å². The largest absolute Gasteiger partial charge is 0.478 e. The van der Waals surface area contributed by atoms with Crippen molar-refractivity contribution in [3.8, 4) is 0 Å². The average Bonchev–Trinajstić information content (AvgIpc) is 2.42. The van der Waals surface area contributed by atoms with E-state index in [0.717, 1.165) is 26.1 Å². The summed E-state index contributed by atoms with van der Waals surface area (Å²) in [4.78, 5) is 22.9. The fourth-order valence-electron chi connectivity index (χ4n) is 1.34. The average molecular weight is 285 g/mol. The van der Waals surface area contributed by atoms with Crippen LogP contribution in [-0.2, 0) is 14.3 Å². The first kappa shape index (κ1) is 20.7. The number of aliphatic carboxylic acids is 1. The molecule has 5 heteroatoms. The van der Waals surface area contributed by atoms with Crippen LogP contribution in [0.5, 0.6) is 0 Å². The van der Waals surface area contributed by atoms with Crippen molar-refractivity contribution < 1.29 is 19.4 Å².